The standard InChI is InChI=1S/C5H8BrN3.2ClH/c6-5-8-3-4(9-5)1-2-7;;/h3H,1-2,7H2,(H,8,9);2*1H. The summed E-state index contributed by atoms with van der Waals surface area (Å²) >= 11 is 3.19. The van der Waals surface area contributed by atoms with Crippen LogP contribution in [0.5, 0.6) is 0 Å². The Morgan fingerprint density at radius 3 is 2.55 bits per heavy atom. The van der Waals surface area contributed by atoms with Crippen LogP contribution in [-0.2, 0) is 6.42 Å². The smallest absolute Gasteiger partial charge is 0.174 e. The van der Waals surface area contributed by atoms with Crippen LogP contribution in [0.3, 0.4) is 0 Å². The SMILES string of the molecule is Cl.Cl.NCCc1cnc(Br)[nH]1. The molecule has 66 valence electrons. The van der Waals surface area contributed by atoms with E-state index in [2.05, 4.69) is 25.9 Å². The summed E-state index contributed by atoms with van der Waals surface area (Å²) < 4.78 is 0.769. The minimum absolute atomic E-state index is 0. The Balaban J connectivity index is 0. The third kappa shape index (κ3) is 4.63. The van der Waals surface area contributed by atoms with Crippen LogP contribution < -0.4 is 5.73 Å². The van der Waals surface area contributed by atoms with E-state index in [0.29, 0.717) is 6.54 Å². The summed E-state index contributed by atoms with van der Waals surface area (Å²) in [6, 6.07) is 0. The van der Waals surface area contributed by atoms with Crippen molar-refractivity contribution in [2.45, 2.75) is 6.42 Å². The predicted molar refractivity (Wildman–Crippen MR) is 53.5 cm³/mol. The zero-order valence-electron chi connectivity index (χ0n) is 5.71. The second-order valence-corrected chi connectivity index (χ2v) is 2.49. The summed E-state index contributed by atoms with van der Waals surface area (Å²) in [4.78, 5) is 6.94. The Morgan fingerprint density at radius 2 is 2.18 bits per heavy atom. The molecular weight excluding hydrogens is 253 g/mol. The number of hydrogen-bond donors (Lipinski definition) is 2. The molecule has 1 aromatic heterocycles. The molecule has 3 N–H and O–H groups in total. The number of aromatic nitrogens is 2. The third-order valence-electron chi connectivity index (χ3n) is 1.01. The van der Waals surface area contributed by atoms with Crippen LogP contribution in [0, 0.1) is 0 Å². The maximum atomic E-state index is 5.31. The van der Waals surface area contributed by atoms with Crippen molar-refractivity contribution in [3.63, 3.8) is 0 Å². The number of nitrogens with zero attached hydrogens (tertiary/aromatic N) is 1. The first kappa shape index (κ1) is 13.8. The van der Waals surface area contributed by atoms with Crippen LogP contribution in [0.1, 0.15) is 5.69 Å². The number of halogens is 3. The largest absolute Gasteiger partial charge is 0.336 e. The van der Waals surface area contributed by atoms with Crippen LogP contribution in [0.15, 0.2) is 10.9 Å². The third-order valence-corrected chi connectivity index (χ3v) is 1.41. The Kier molecular flexibility index (Phi) is 8.67. The van der Waals surface area contributed by atoms with E-state index in [4.69, 9.17) is 5.73 Å². The van der Waals surface area contributed by atoms with E-state index in [0.717, 1.165) is 16.8 Å². The minimum Gasteiger partial charge on any atom is -0.336 e. The lowest BCUT2D eigenvalue weighted by Gasteiger charge is -1.87. The molecule has 11 heavy (non-hydrogen) atoms. The monoisotopic (exact) mass is 261 g/mol. The van der Waals surface area contributed by atoms with Crippen LogP contribution in [0.2, 0.25) is 0 Å². The molecule has 0 atom stereocenters. The number of imidazole rings is 1. The number of H-pyrrole nitrogens is 1. The summed E-state index contributed by atoms with van der Waals surface area (Å²) in [6.45, 7) is 0.661. The molecule has 0 unspecified atom stereocenters. The van der Waals surface area contributed by atoms with Crippen molar-refractivity contribution in [2.24, 2.45) is 5.73 Å². The second-order valence-electron chi connectivity index (χ2n) is 1.74. The van der Waals surface area contributed by atoms with Crippen molar-refractivity contribution >= 4 is 40.7 Å². The van der Waals surface area contributed by atoms with Crippen molar-refractivity contribution in [2.75, 3.05) is 6.54 Å². The average molecular weight is 263 g/mol. The number of rotatable bonds is 2. The van der Waals surface area contributed by atoms with E-state index in [1.54, 1.807) is 6.20 Å². The highest BCUT2D eigenvalue weighted by Crippen LogP contribution is 2.02. The van der Waals surface area contributed by atoms with Crippen LogP contribution in [0.25, 0.3) is 0 Å². The van der Waals surface area contributed by atoms with Gasteiger partial charge >= 0.3 is 0 Å². The van der Waals surface area contributed by atoms with Gasteiger partial charge in [-0.15, -0.1) is 24.8 Å². The maximum Gasteiger partial charge on any atom is 0.174 e. The molecule has 0 amide bonds. The Morgan fingerprint density at radius 1 is 1.55 bits per heavy atom. The number of hydrogen-bond acceptors (Lipinski definition) is 2. The molecule has 0 radical (unpaired) electrons. The summed E-state index contributed by atoms with van der Waals surface area (Å²) in [7, 11) is 0. The molecule has 0 aliphatic heterocycles. The van der Waals surface area contributed by atoms with E-state index in [9.17, 15) is 0 Å². The van der Waals surface area contributed by atoms with Gasteiger partial charge in [-0.05, 0) is 22.5 Å². The van der Waals surface area contributed by atoms with Gasteiger partial charge in [-0.2, -0.15) is 0 Å². The van der Waals surface area contributed by atoms with E-state index in [1.807, 2.05) is 0 Å². The van der Waals surface area contributed by atoms with Crippen molar-refractivity contribution < 1.29 is 0 Å². The zero-order chi connectivity index (χ0) is 6.69. The van der Waals surface area contributed by atoms with Gasteiger partial charge in [0.2, 0.25) is 0 Å². The predicted octanol–water partition coefficient (Wildman–Crippen LogP) is 1.52. The van der Waals surface area contributed by atoms with Gasteiger partial charge in [0.05, 0.1) is 0 Å². The topological polar surface area (TPSA) is 54.7 Å². The summed E-state index contributed by atoms with van der Waals surface area (Å²) in [5.74, 6) is 0. The van der Waals surface area contributed by atoms with Gasteiger partial charge in [0.15, 0.2) is 4.73 Å². The average Bonchev–Trinajstić information content (AvgIpc) is 2.17. The quantitative estimate of drug-likeness (QED) is 0.849. The lowest BCUT2D eigenvalue weighted by atomic mass is 10.3. The minimum atomic E-state index is 0. The van der Waals surface area contributed by atoms with E-state index < -0.39 is 0 Å². The normalized spacial score (nSPS) is 8.18. The van der Waals surface area contributed by atoms with Gasteiger partial charge < -0.3 is 10.7 Å². The number of nitrogens with two attached hydrogens (primary N) is 1. The zero-order valence-corrected chi connectivity index (χ0v) is 8.93. The van der Waals surface area contributed by atoms with E-state index >= 15 is 0 Å². The Labute approximate surface area is 86.1 Å². The van der Waals surface area contributed by atoms with Crippen molar-refractivity contribution in [3.05, 3.63) is 16.6 Å². The molecule has 0 saturated carbocycles. The lowest BCUT2D eigenvalue weighted by molar-refractivity contribution is 0.932. The van der Waals surface area contributed by atoms with Gasteiger partial charge in [-0.3, -0.25) is 0 Å². The molecule has 0 spiro atoms. The first-order valence-electron chi connectivity index (χ1n) is 2.72. The summed E-state index contributed by atoms with van der Waals surface area (Å²) in [5, 5.41) is 0. The molecule has 0 bridgehead atoms. The summed E-state index contributed by atoms with van der Waals surface area (Å²) in [5.41, 5.74) is 6.38. The highest BCUT2D eigenvalue weighted by atomic mass is 79.9. The number of nitrogens with one attached hydrogen (secondary N) is 1. The fraction of sp³-hybridized carbons (Fsp3) is 0.400. The molecular formula is C5H10BrCl2N3. The van der Waals surface area contributed by atoms with Crippen molar-refractivity contribution in [1.29, 1.82) is 0 Å². The molecule has 1 aromatic rings. The van der Waals surface area contributed by atoms with Crippen molar-refractivity contribution in [3.8, 4) is 0 Å². The van der Waals surface area contributed by atoms with Gasteiger partial charge in [0.1, 0.15) is 0 Å². The molecule has 0 fully saturated rings. The van der Waals surface area contributed by atoms with Gasteiger partial charge in [0, 0.05) is 18.3 Å². The molecule has 0 aliphatic carbocycles. The second kappa shape index (κ2) is 6.91. The van der Waals surface area contributed by atoms with Crippen molar-refractivity contribution in [1.82, 2.24) is 9.97 Å². The van der Waals surface area contributed by atoms with Crippen LogP contribution in [0.4, 0.5) is 0 Å². The molecule has 0 aromatic carbocycles. The molecule has 1 heterocycles. The fourth-order valence-corrected chi connectivity index (χ4v) is 0.971. The lowest BCUT2D eigenvalue weighted by Crippen LogP contribution is -2.02. The highest BCUT2D eigenvalue weighted by molar-refractivity contribution is 9.10. The molecule has 6 heteroatoms. The molecule has 3 nitrogen and oxygen atoms in total. The van der Waals surface area contributed by atoms with Gasteiger partial charge in [-0.25, -0.2) is 4.98 Å². The molecule has 0 aliphatic rings. The fourth-order valence-electron chi connectivity index (χ4n) is 0.614. The van der Waals surface area contributed by atoms with Gasteiger partial charge in [0.25, 0.3) is 0 Å². The van der Waals surface area contributed by atoms with Crippen LogP contribution in [-0.4, -0.2) is 16.5 Å². The Hall–Kier alpha value is 0.230. The van der Waals surface area contributed by atoms with E-state index in [1.165, 1.54) is 0 Å². The van der Waals surface area contributed by atoms with Crippen LogP contribution >= 0.6 is 40.7 Å². The highest BCUT2D eigenvalue weighted by Gasteiger charge is 1.93. The first-order valence-corrected chi connectivity index (χ1v) is 3.51. The summed E-state index contributed by atoms with van der Waals surface area (Å²) in [6.07, 6.45) is 2.63. The maximum absolute atomic E-state index is 5.31. The Bertz CT molecular complexity index is 192. The molecule has 0 saturated heterocycles. The van der Waals surface area contributed by atoms with Gasteiger partial charge in [-0.1, -0.05) is 0 Å². The first-order chi connectivity index (χ1) is 4.33. The van der Waals surface area contributed by atoms with E-state index in [-0.39, 0.29) is 24.8 Å². The number of aromatic amines is 1. The molecule has 1 rings (SSSR count).